The van der Waals surface area contributed by atoms with Gasteiger partial charge in [-0.15, -0.1) is 0 Å². The van der Waals surface area contributed by atoms with Crippen LogP contribution in [0.1, 0.15) is 5.56 Å². The molecule has 0 saturated carbocycles. The summed E-state index contributed by atoms with van der Waals surface area (Å²) in [5.41, 5.74) is 1.36. The van der Waals surface area contributed by atoms with E-state index in [9.17, 15) is 8.42 Å². The van der Waals surface area contributed by atoms with Gasteiger partial charge >= 0.3 is 0 Å². The van der Waals surface area contributed by atoms with E-state index in [0.29, 0.717) is 5.69 Å². The highest BCUT2D eigenvalue weighted by atomic mass is 32.2. The van der Waals surface area contributed by atoms with Crippen LogP contribution in [0.3, 0.4) is 0 Å². The van der Waals surface area contributed by atoms with E-state index >= 15 is 0 Å². The summed E-state index contributed by atoms with van der Waals surface area (Å²) in [6, 6.07) is 22.5. The lowest BCUT2D eigenvalue weighted by atomic mass is 10.1. The van der Waals surface area contributed by atoms with Crippen LogP contribution >= 0.6 is 0 Å². The smallest absolute Gasteiger partial charge is 0.236 e. The zero-order valence-corrected chi connectivity index (χ0v) is 12.2. The molecule has 106 valence electrons. The first kappa shape index (κ1) is 13.6. The van der Waals surface area contributed by atoms with Crippen molar-refractivity contribution in [3.63, 3.8) is 0 Å². The van der Waals surface area contributed by atoms with Crippen LogP contribution in [0.15, 0.2) is 72.8 Å². The van der Waals surface area contributed by atoms with Gasteiger partial charge in [0.1, 0.15) is 0 Å². The van der Waals surface area contributed by atoms with Crippen LogP contribution < -0.4 is 4.72 Å². The Morgan fingerprint density at radius 3 is 2.19 bits per heavy atom. The van der Waals surface area contributed by atoms with E-state index in [4.69, 9.17) is 0 Å². The Balaban J connectivity index is 1.83. The molecule has 0 aliphatic rings. The Labute approximate surface area is 124 Å². The molecule has 3 aromatic rings. The summed E-state index contributed by atoms with van der Waals surface area (Å²) >= 11 is 0. The van der Waals surface area contributed by atoms with Gasteiger partial charge in [0, 0.05) is 5.69 Å². The van der Waals surface area contributed by atoms with E-state index < -0.39 is 10.0 Å². The maximum absolute atomic E-state index is 12.2. The molecule has 21 heavy (non-hydrogen) atoms. The molecular formula is C17H15NO2S. The molecule has 0 aliphatic heterocycles. The number of sulfonamides is 1. The maximum atomic E-state index is 12.2. The minimum atomic E-state index is -3.41. The normalized spacial score (nSPS) is 11.4. The molecule has 4 heteroatoms. The molecule has 0 atom stereocenters. The minimum Gasteiger partial charge on any atom is -0.283 e. The van der Waals surface area contributed by atoms with Gasteiger partial charge in [-0.2, -0.15) is 0 Å². The van der Waals surface area contributed by atoms with Crippen molar-refractivity contribution in [2.24, 2.45) is 0 Å². The van der Waals surface area contributed by atoms with Gasteiger partial charge in [0.2, 0.25) is 10.0 Å². The molecule has 0 heterocycles. The van der Waals surface area contributed by atoms with Crippen molar-refractivity contribution in [2.45, 2.75) is 5.75 Å². The van der Waals surface area contributed by atoms with Crippen LogP contribution in [-0.2, 0) is 15.8 Å². The van der Waals surface area contributed by atoms with Crippen molar-refractivity contribution in [1.82, 2.24) is 0 Å². The van der Waals surface area contributed by atoms with E-state index in [1.165, 1.54) is 0 Å². The third-order valence-corrected chi connectivity index (χ3v) is 4.48. The predicted molar refractivity (Wildman–Crippen MR) is 86.6 cm³/mol. The van der Waals surface area contributed by atoms with Gasteiger partial charge in [-0.1, -0.05) is 60.7 Å². The summed E-state index contributed by atoms with van der Waals surface area (Å²) in [5.74, 6) is -0.0271. The number of benzene rings is 3. The second-order valence-corrected chi connectivity index (χ2v) is 6.63. The Morgan fingerprint density at radius 2 is 1.43 bits per heavy atom. The third kappa shape index (κ3) is 3.41. The zero-order valence-electron chi connectivity index (χ0n) is 11.4. The van der Waals surface area contributed by atoms with Gasteiger partial charge in [0.15, 0.2) is 0 Å². The van der Waals surface area contributed by atoms with Crippen LogP contribution in [0, 0.1) is 0 Å². The van der Waals surface area contributed by atoms with Crippen molar-refractivity contribution in [2.75, 3.05) is 4.72 Å². The fourth-order valence-corrected chi connectivity index (χ4v) is 3.45. The van der Waals surface area contributed by atoms with Gasteiger partial charge in [-0.25, -0.2) is 8.42 Å². The minimum absolute atomic E-state index is 0.0271. The number of hydrogen-bond acceptors (Lipinski definition) is 2. The van der Waals surface area contributed by atoms with E-state index in [2.05, 4.69) is 4.72 Å². The van der Waals surface area contributed by atoms with Crippen LogP contribution in [0.2, 0.25) is 0 Å². The van der Waals surface area contributed by atoms with Crippen LogP contribution in [0.4, 0.5) is 5.69 Å². The molecule has 0 amide bonds. The molecule has 0 spiro atoms. The zero-order chi connectivity index (χ0) is 14.7. The molecule has 3 aromatic carbocycles. The van der Waals surface area contributed by atoms with Gasteiger partial charge in [0.05, 0.1) is 5.75 Å². The van der Waals surface area contributed by atoms with Gasteiger partial charge in [-0.05, 0) is 28.5 Å². The molecule has 0 bridgehead atoms. The highest BCUT2D eigenvalue weighted by Gasteiger charge is 2.11. The van der Waals surface area contributed by atoms with E-state index in [1.807, 2.05) is 54.6 Å². The highest BCUT2D eigenvalue weighted by molar-refractivity contribution is 7.91. The monoisotopic (exact) mass is 297 g/mol. The fourth-order valence-electron chi connectivity index (χ4n) is 2.26. The average Bonchev–Trinajstić information content (AvgIpc) is 2.47. The lowest BCUT2D eigenvalue weighted by Crippen LogP contribution is -2.14. The van der Waals surface area contributed by atoms with Crippen molar-refractivity contribution >= 4 is 26.5 Å². The van der Waals surface area contributed by atoms with Gasteiger partial charge in [0.25, 0.3) is 0 Å². The molecule has 0 aromatic heterocycles. The Morgan fingerprint density at radius 1 is 0.762 bits per heavy atom. The molecule has 0 saturated heterocycles. The van der Waals surface area contributed by atoms with E-state index in [0.717, 1.165) is 16.3 Å². The fraction of sp³-hybridized carbons (Fsp3) is 0.0588. The first-order valence-electron chi connectivity index (χ1n) is 6.66. The van der Waals surface area contributed by atoms with Crippen LogP contribution in [0.5, 0.6) is 0 Å². The Hall–Kier alpha value is -2.33. The van der Waals surface area contributed by atoms with E-state index in [-0.39, 0.29) is 5.75 Å². The van der Waals surface area contributed by atoms with Crippen molar-refractivity contribution in [1.29, 1.82) is 0 Å². The number of anilines is 1. The second-order valence-electron chi connectivity index (χ2n) is 4.91. The van der Waals surface area contributed by atoms with Crippen molar-refractivity contribution in [3.05, 3.63) is 78.4 Å². The summed E-state index contributed by atoms with van der Waals surface area (Å²) in [7, 11) is -3.41. The first-order valence-corrected chi connectivity index (χ1v) is 8.31. The van der Waals surface area contributed by atoms with Crippen LogP contribution in [0.25, 0.3) is 10.8 Å². The number of hydrogen-bond donors (Lipinski definition) is 1. The average molecular weight is 297 g/mol. The second kappa shape index (κ2) is 5.58. The third-order valence-electron chi connectivity index (χ3n) is 3.22. The molecule has 0 radical (unpaired) electrons. The predicted octanol–water partition coefficient (Wildman–Crippen LogP) is 3.78. The number of fused-ring (bicyclic) bond motifs is 1. The molecule has 0 unspecified atom stereocenters. The molecule has 0 fully saturated rings. The Kier molecular flexibility index (Phi) is 3.62. The summed E-state index contributed by atoms with van der Waals surface area (Å²) < 4.78 is 27.0. The molecule has 0 aliphatic carbocycles. The van der Waals surface area contributed by atoms with Gasteiger partial charge < -0.3 is 0 Å². The molecular weight excluding hydrogens is 282 g/mol. The quantitative estimate of drug-likeness (QED) is 0.796. The molecule has 3 nitrogen and oxygen atoms in total. The number of rotatable bonds is 4. The highest BCUT2D eigenvalue weighted by Crippen LogP contribution is 2.20. The lowest BCUT2D eigenvalue weighted by molar-refractivity contribution is 0.600. The lowest BCUT2D eigenvalue weighted by Gasteiger charge is -2.09. The van der Waals surface area contributed by atoms with Crippen LogP contribution in [-0.4, -0.2) is 8.42 Å². The summed E-state index contributed by atoms with van der Waals surface area (Å²) in [4.78, 5) is 0. The van der Waals surface area contributed by atoms with Crippen molar-refractivity contribution in [3.8, 4) is 0 Å². The standard InChI is InChI=1S/C17H15NO2S/c19-21(20,13-14-6-2-1-3-7-14)18-17-11-10-15-8-4-5-9-16(15)12-17/h1-12,18H,13H2. The molecule has 3 rings (SSSR count). The largest absolute Gasteiger partial charge is 0.283 e. The van der Waals surface area contributed by atoms with Gasteiger partial charge in [-0.3, -0.25) is 4.72 Å². The Bertz CT molecular complexity index is 858. The summed E-state index contributed by atoms with van der Waals surface area (Å²) in [6.07, 6.45) is 0. The molecule has 1 N–H and O–H groups in total. The first-order chi connectivity index (χ1) is 10.1. The summed E-state index contributed by atoms with van der Waals surface area (Å²) in [5, 5.41) is 2.10. The topological polar surface area (TPSA) is 46.2 Å². The maximum Gasteiger partial charge on any atom is 0.236 e. The number of nitrogens with one attached hydrogen (secondary N) is 1. The summed E-state index contributed by atoms with van der Waals surface area (Å²) in [6.45, 7) is 0. The van der Waals surface area contributed by atoms with E-state index in [1.54, 1.807) is 18.2 Å². The van der Waals surface area contributed by atoms with Crippen molar-refractivity contribution < 1.29 is 8.42 Å². The SMILES string of the molecule is O=S(=O)(Cc1ccccc1)Nc1ccc2ccccc2c1.